The van der Waals surface area contributed by atoms with E-state index >= 15 is 0 Å². The Kier molecular flexibility index (Phi) is 7.71. The summed E-state index contributed by atoms with van der Waals surface area (Å²) in [5, 5.41) is 3.12. The highest BCUT2D eigenvalue weighted by molar-refractivity contribution is 5.94. The van der Waals surface area contributed by atoms with Gasteiger partial charge in [-0.05, 0) is 62.2 Å². The monoisotopic (exact) mass is 413 g/mol. The van der Waals surface area contributed by atoms with Crippen LogP contribution in [0.2, 0.25) is 0 Å². The standard InChI is InChI=1S/C24H33N3O3/c1-18-5-6-19(2)23(17-18)25-24(28)20(3)27-13-11-26(12-14-27)15-16-30-22-9-7-21(29-4)8-10-22/h5-10,17,20H,11-16H2,1-4H3,(H,25,28)/p+2/t20-/m1/s1. The van der Waals surface area contributed by atoms with Crippen LogP contribution in [0, 0.1) is 13.8 Å². The van der Waals surface area contributed by atoms with Crippen molar-refractivity contribution in [3.63, 3.8) is 0 Å². The molecule has 1 aliphatic rings. The van der Waals surface area contributed by atoms with Crippen LogP contribution in [0.15, 0.2) is 42.5 Å². The van der Waals surface area contributed by atoms with Gasteiger partial charge in [-0.1, -0.05) is 12.1 Å². The predicted molar refractivity (Wildman–Crippen MR) is 119 cm³/mol. The molecule has 2 aromatic rings. The Morgan fingerprint density at radius 3 is 2.37 bits per heavy atom. The lowest BCUT2D eigenvalue weighted by Crippen LogP contribution is -3.30. The zero-order valence-electron chi connectivity index (χ0n) is 18.6. The van der Waals surface area contributed by atoms with E-state index in [4.69, 9.17) is 9.47 Å². The van der Waals surface area contributed by atoms with Crippen LogP contribution < -0.4 is 24.6 Å². The van der Waals surface area contributed by atoms with Gasteiger partial charge in [0.25, 0.3) is 5.91 Å². The summed E-state index contributed by atoms with van der Waals surface area (Å²) in [7, 11) is 1.66. The van der Waals surface area contributed by atoms with Gasteiger partial charge in [0.2, 0.25) is 0 Å². The maximum Gasteiger partial charge on any atom is 0.282 e. The molecule has 6 heteroatoms. The molecular formula is C24H35N3O3+2. The molecule has 0 spiro atoms. The van der Waals surface area contributed by atoms with Gasteiger partial charge >= 0.3 is 0 Å². The highest BCUT2D eigenvalue weighted by Gasteiger charge is 2.31. The molecule has 1 aliphatic heterocycles. The molecule has 6 nitrogen and oxygen atoms in total. The van der Waals surface area contributed by atoms with Crippen molar-refractivity contribution in [1.82, 2.24) is 0 Å². The Bertz CT molecular complexity index is 830. The van der Waals surface area contributed by atoms with Crippen molar-refractivity contribution in [2.45, 2.75) is 26.8 Å². The highest BCUT2D eigenvalue weighted by Crippen LogP contribution is 2.17. The van der Waals surface area contributed by atoms with Crippen molar-refractivity contribution < 1.29 is 24.1 Å². The molecule has 0 aliphatic carbocycles. The Labute approximate surface area is 179 Å². The number of amides is 1. The number of benzene rings is 2. The van der Waals surface area contributed by atoms with Crippen LogP contribution in [0.3, 0.4) is 0 Å². The number of ether oxygens (including phenoxy) is 2. The summed E-state index contributed by atoms with van der Waals surface area (Å²) in [4.78, 5) is 15.7. The summed E-state index contributed by atoms with van der Waals surface area (Å²) >= 11 is 0. The van der Waals surface area contributed by atoms with Gasteiger partial charge in [-0.3, -0.25) is 4.79 Å². The summed E-state index contributed by atoms with van der Waals surface area (Å²) in [5.74, 6) is 1.81. The molecule has 0 radical (unpaired) electrons. The van der Waals surface area contributed by atoms with Gasteiger partial charge in [0.15, 0.2) is 6.04 Å². The number of carbonyl (C=O) groups excluding carboxylic acids is 1. The second-order valence-electron chi connectivity index (χ2n) is 8.21. The lowest BCUT2D eigenvalue weighted by Gasteiger charge is -2.32. The quantitative estimate of drug-likeness (QED) is 0.591. The van der Waals surface area contributed by atoms with E-state index in [-0.39, 0.29) is 11.9 Å². The number of carbonyl (C=O) groups is 1. The fourth-order valence-corrected chi connectivity index (χ4v) is 3.89. The molecule has 0 bridgehead atoms. The van der Waals surface area contributed by atoms with Crippen LogP contribution in [0.25, 0.3) is 0 Å². The second-order valence-corrected chi connectivity index (χ2v) is 8.21. The molecule has 1 fully saturated rings. The molecule has 30 heavy (non-hydrogen) atoms. The number of quaternary nitrogens is 2. The van der Waals surface area contributed by atoms with E-state index < -0.39 is 0 Å². The van der Waals surface area contributed by atoms with Crippen LogP contribution in [0.4, 0.5) is 5.69 Å². The smallest absolute Gasteiger partial charge is 0.282 e. The topological polar surface area (TPSA) is 56.4 Å². The van der Waals surface area contributed by atoms with E-state index in [1.165, 1.54) is 9.80 Å². The van der Waals surface area contributed by atoms with E-state index in [1.54, 1.807) is 7.11 Å². The molecule has 3 N–H and O–H groups in total. The molecule has 1 atom stereocenters. The summed E-state index contributed by atoms with van der Waals surface area (Å²) in [6.45, 7) is 11.9. The number of rotatable bonds is 8. The van der Waals surface area contributed by atoms with Gasteiger partial charge in [0, 0.05) is 5.69 Å². The second kappa shape index (κ2) is 10.5. The van der Waals surface area contributed by atoms with Crippen LogP contribution in [-0.2, 0) is 4.79 Å². The largest absolute Gasteiger partial charge is 0.497 e. The minimum Gasteiger partial charge on any atom is -0.497 e. The lowest BCUT2D eigenvalue weighted by atomic mass is 10.1. The van der Waals surface area contributed by atoms with Crippen molar-refractivity contribution in [3.8, 4) is 11.5 Å². The van der Waals surface area contributed by atoms with E-state index in [0.717, 1.165) is 61.0 Å². The fourth-order valence-electron chi connectivity index (χ4n) is 3.89. The first-order valence-corrected chi connectivity index (χ1v) is 10.8. The molecule has 1 saturated heterocycles. The number of hydrogen-bond donors (Lipinski definition) is 3. The number of methoxy groups -OCH3 is 1. The zero-order chi connectivity index (χ0) is 21.5. The van der Waals surface area contributed by atoms with Crippen molar-refractivity contribution in [2.75, 3.05) is 51.8 Å². The molecule has 0 unspecified atom stereocenters. The predicted octanol–water partition coefficient (Wildman–Crippen LogP) is 0.501. The molecular weight excluding hydrogens is 378 g/mol. The summed E-state index contributed by atoms with van der Waals surface area (Å²) in [5.41, 5.74) is 3.18. The first-order valence-electron chi connectivity index (χ1n) is 10.8. The molecule has 0 saturated carbocycles. The Hall–Kier alpha value is -2.57. The van der Waals surface area contributed by atoms with E-state index in [2.05, 4.69) is 17.4 Å². The summed E-state index contributed by atoms with van der Waals surface area (Å²) < 4.78 is 11.0. The lowest BCUT2D eigenvalue weighted by molar-refractivity contribution is -1.02. The third-order valence-electron chi connectivity index (χ3n) is 6.04. The van der Waals surface area contributed by atoms with Gasteiger partial charge in [0.05, 0.1) is 7.11 Å². The Morgan fingerprint density at radius 1 is 1.03 bits per heavy atom. The normalized spacial score (nSPS) is 19.7. The molecule has 2 aromatic carbocycles. The highest BCUT2D eigenvalue weighted by atomic mass is 16.5. The van der Waals surface area contributed by atoms with Gasteiger partial charge in [-0.15, -0.1) is 0 Å². The van der Waals surface area contributed by atoms with Crippen LogP contribution in [0.1, 0.15) is 18.1 Å². The third kappa shape index (κ3) is 5.97. The summed E-state index contributed by atoms with van der Waals surface area (Å²) in [6, 6.07) is 13.8. The molecule has 1 heterocycles. The first kappa shape index (κ1) is 22.1. The van der Waals surface area contributed by atoms with Crippen molar-refractivity contribution in [3.05, 3.63) is 53.6 Å². The molecule has 0 aromatic heterocycles. The molecule has 3 rings (SSSR count). The van der Waals surface area contributed by atoms with Crippen LogP contribution in [0.5, 0.6) is 11.5 Å². The van der Waals surface area contributed by atoms with Crippen LogP contribution in [-0.4, -0.2) is 58.4 Å². The Morgan fingerprint density at radius 2 is 1.70 bits per heavy atom. The molecule has 162 valence electrons. The Balaban J connectivity index is 1.40. The van der Waals surface area contributed by atoms with Gasteiger partial charge in [-0.2, -0.15) is 0 Å². The third-order valence-corrected chi connectivity index (χ3v) is 6.04. The van der Waals surface area contributed by atoms with Crippen molar-refractivity contribution in [1.29, 1.82) is 0 Å². The van der Waals surface area contributed by atoms with E-state index in [0.29, 0.717) is 6.61 Å². The zero-order valence-corrected chi connectivity index (χ0v) is 18.6. The molecule has 1 amide bonds. The maximum atomic E-state index is 12.8. The number of nitrogens with one attached hydrogen (secondary N) is 3. The van der Waals surface area contributed by atoms with E-state index in [9.17, 15) is 4.79 Å². The van der Waals surface area contributed by atoms with Crippen molar-refractivity contribution >= 4 is 11.6 Å². The number of hydrogen-bond acceptors (Lipinski definition) is 3. The average Bonchev–Trinajstić information content (AvgIpc) is 2.76. The van der Waals surface area contributed by atoms with Gasteiger partial charge in [0.1, 0.15) is 50.8 Å². The SMILES string of the molecule is COc1ccc(OCC[NH+]2CC[NH+]([C@H](C)C(=O)Nc3cc(C)ccc3C)CC2)cc1. The fraction of sp³-hybridized carbons (Fsp3) is 0.458. The number of aryl methyl sites for hydroxylation is 2. The maximum absolute atomic E-state index is 12.8. The number of piperazine rings is 1. The van der Waals surface area contributed by atoms with Gasteiger partial charge < -0.3 is 24.6 Å². The first-order chi connectivity index (χ1) is 14.5. The van der Waals surface area contributed by atoms with Gasteiger partial charge in [-0.25, -0.2) is 0 Å². The minimum absolute atomic E-state index is 0.0537. The minimum atomic E-state index is -0.0537. The van der Waals surface area contributed by atoms with E-state index in [1.807, 2.05) is 51.1 Å². The average molecular weight is 414 g/mol. The van der Waals surface area contributed by atoms with Crippen LogP contribution >= 0.6 is 0 Å². The van der Waals surface area contributed by atoms with Crippen molar-refractivity contribution in [2.24, 2.45) is 0 Å². The number of anilines is 1. The summed E-state index contributed by atoms with van der Waals surface area (Å²) in [6.07, 6.45) is 0.